The minimum Gasteiger partial charge on any atom is -0.481 e. The fourth-order valence-corrected chi connectivity index (χ4v) is 3.15. The molecule has 20 heavy (non-hydrogen) atoms. The van der Waals surface area contributed by atoms with Crippen molar-refractivity contribution < 1.29 is 14.3 Å². The first-order valence-corrected chi connectivity index (χ1v) is 7.36. The molecular formula is C16H22FNO2. The standard InChI is InChI=1S/C16H22FNO2/c17-14-8-4-7-12(15(14)18)13(16(19)20)10-9-11-5-2-1-3-6-11/h4,7-8,11,13H,1-3,5-6,9-10,18H2,(H,19,20). The number of hydrogen-bond donors (Lipinski definition) is 2. The van der Waals surface area contributed by atoms with E-state index in [1.807, 2.05) is 0 Å². The van der Waals surface area contributed by atoms with Crippen molar-refractivity contribution in [2.24, 2.45) is 5.92 Å². The third kappa shape index (κ3) is 3.50. The molecule has 0 heterocycles. The average Bonchev–Trinajstić information content (AvgIpc) is 2.44. The molecule has 1 fully saturated rings. The molecule has 3 N–H and O–H groups in total. The van der Waals surface area contributed by atoms with Gasteiger partial charge in [-0.1, -0.05) is 44.2 Å². The highest BCUT2D eigenvalue weighted by atomic mass is 19.1. The zero-order valence-corrected chi connectivity index (χ0v) is 11.6. The van der Waals surface area contributed by atoms with Crippen LogP contribution in [0.15, 0.2) is 18.2 Å². The van der Waals surface area contributed by atoms with Crippen LogP contribution in [0.5, 0.6) is 0 Å². The molecular weight excluding hydrogens is 257 g/mol. The molecule has 0 radical (unpaired) electrons. The molecule has 1 aliphatic rings. The third-order valence-electron chi connectivity index (χ3n) is 4.35. The first-order valence-electron chi connectivity index (χ1n) is 7.36. The van der Waals surface area contributed by atoms with Crippen LogP contribution in [-0.4, -0.2) is 11.1 Å². The van der Waals surface area contributed by atoms with Gasteiger partial charge < -0.3 is 10.8 Å². The number of carbonyl (C=O) groups is 1. The topological polar surface area (TPSA) is 63.3 Å². The molecule has 4 heteroatoms. The van der Waals surface area contributed by atoms with Crippen LogP contribution >= 0.6 is 0 Å². The molecule has 1 unspecified atom stereocenters. The second kappa shape index (κ2) is 6.73. The molecule has 1 aliphatic carbocycles. The van der Waals surface area contributed by atoms with Crippen LogP contribution in [0.1, 0.15) is 56.4 Å². The Labute approximate surface area is 119 Å². The number of rotatable bonds is 5. The van der Waals surface area contributed by atoms with Gasteiger partial charge in [-0.25, -0.2) is 4.39 Å². The highest BCUT2D eigenvalue weighted by Gasteiger charge is 2.25. The third-order valence-corrected chi connectivity index (χ3v) is 4.35. The second-order valence-corrected chi connectivity index (χ2v) is 5.71. The molecule has 0 spiro atoms. The first kappa shape index (κ1) is 14.8. The number of benzene rings is 1. The van der Waals surface area contributed by atoms with Gasteiger partial charge in [0.15, 0.2) is 0 Å². The van der Waals surface area contributed by atoms with E-state index in [9.17, 15) is 14.3 Å². The van der Waals surface area contributed by atoms with Gasteiger partial charge in [0.2, 0.25) is 0 Å². The lowest BCUT2D eigenvalue weighted by molar-refractivity contribution is -0.139. The van der Waals surface area contributed by atoms with E-state index in [1.54, 1.807) is 6.07 Å². The predicted octanol–water partition coefficient (Wildman–Crippen LogP) is 3.94. The Morgan fingerprint density at radius 2 is 2.05 bits per heavy atom. The summed E-state index contributed by atoms with van der Waals surface area (Å²) in [4.78, 5) is 11.5. The Hall–Kier alpha value is -1.58. The maximum Gasteiger partial charge on any atom is 0.311 e. The number of nitrogens with two attached hydrogens (primary N) is 1. The van der Waals surface area contributed by atoms with E-state index < -0.39 is 17.7 Å². The Morgan fingerprint density at radius 3 is 2.70 bits per heavy atom. The quantitative estimate of drug-likeness (QED) is 0.802. The largest absolute Gasteiger partial charge is 0.481 e. The van der Waals surface area contributed by atoms with Gasteiger partial charge >= 0.3 is 5.97 Å². The fourth-order valence-electron chi connectivity index (χ4n) is 3.15. The summed E-state index contributed by atoms with van der Waals surface area (Å²) in [7, 11) is 0. The molecule has 0 bridgehead atoms. The normalized spacial score (nSPS) is 17.9. The monoisotopic (exact) mass is 279 g/mol. The number of hydrogen-bond acceptors (Lipinski definition) is 2. The van der Waals surface area contributed by atoms with Crippen LogP contribution in [0.2, 0.25) is 0 Å². The van der Waals surface area contributed by atoms with Gasteiger partial charge in [0, 0.05) is 0 Å². The summed E-state index contributed by atoms with van der Waals surface area (Å²) in [6.45, 7) is 0. The molecule has 1 aromatic carbocycles. The number of halogens is 1. The number of carboxylic acid groups (broad SMARTS) is 1. The van der Waals surface area contributed by atoms with Crippen molar-refractivity contribution in [1.29, 1.82) is 0 Å². The van der Waals surface area contributed by atoms with Crippen LogP contribution in [-0.2, 0) is 4.79 Å². The van der Waals surface area contributed by atoms with E-state index in [1.165, 1.54) is 44.2 Å². The average molecular weight is 279 g/mol. The van der Waals surface area contributed by atoms with Crippen LogP contribution < -0.4 is 5.73 Å². The van der Waals surface area contributed by atoms with Crippen molar-refractivity contribution in [2.45, 2.75) is 50.9 Å². The lowest BCUT2D eigenvalue weighted by Crippen LogP contribution is -2.16. The molecule has 0 aromatic heterocycles. The summed E-state index contributed by atoms with van der Waals surface area (Å²) in [6, 6.07) is 4.41. The summed E-state index contributed by atoms with van der Waals surface area (Å²) in [5, 5.41) is 9.39. The molecule has 2 rings (SSSR count). The lowest BCUT2D eigenvalue weighted by Gasteiger charge is -2.23. The van der Waals surface area contributed by atoms with Gasteiger partial charge in [-0.2, -0.15) is 0 Å². The van der Waals surface area contributed by atoms with Crippen LogP contribution in [0.25, 0.3) is 0 Å². The number of nitrogen functional groups attached to an aromatic ring is 1. The fraction of sp³-hybridized carbons (Fsp3) is 0.562. The Kier molecular flexibility index (Phi) is 4.99. The highest BCUT2D eigenvalue weighted by Crippen LogP contribution is 2.33. The first-order chi connectivity index (χ1) is 9.59. The van der Waals surface area contributed by atoms with E-state index in [2.05, 4.69) is 0 Å². The summed E-state index contributed by atoms with van der Waals surface area (Å²) >= 11 is 0. The summed E-state index contributed by atoms with van der Waals surface area (Å²) in [5.74, 6) is -1.54. The number of para-hydroxylation sites is 1. The highest BCUT2D eigenvalue weighted by molar-refractivity contribution is 5.78. The predicted molar refractivity (Wildman–Crippen MR) is 77.0 cm³/mol. The van der Waals surface area contributed by atoms with Gasteiger partial charge in [0.1, 0.15) is 5.82 Å². The number of aliphatic carboxylic acids is 1. The Balaban J connectivity index is 2.06. The van der Waals surface area contributed by atoms with Gasteiger partial charge in [-0.05, 0) is 30.4 Å². The van der Waals surface area contributed by atoms with Crippen molar-refractivity contribution in [1.82, 2.24) is 0 Å². The Bertz CT molecular complexity index is 470. The van der Waals surface area contributed by atoms with Crippen LogP contribution in [0.4, 0.5) is 10.1 Å². The smallest absolute Gasteiger partial charge is 0.311 e. The minimum atomic E-state index is -0.918. The zero-order chi connectivity index (χ0) is 14.5. The molecule has 110 valence electrons. The second-order valence-electron chi connectivity index (χ2n) is 5.71. The van der Waals surface area contributed by atoms with E-state index in [-0.39, 0.29) is 5.69 Å². The molecule has 1 saturated carbocycles. The summed E-state index contributed by atoms with van der Waals surface area (Å²) < 4.78 is 13.5. The number of anilines is 1. The number of carboxylic acids is 1. The van der Waals surface area contributed by atoms with Crippen molar-refractivity contribution in [3.8, 4) is 0 Å². The van der Waals surface area contributed by atoms with Crippen molar-refractivity contribution >= 4 is 11.7 Å². The molecule has 0 aliphatic heterocycles. The van der Waals surface area contributed by atoms with E-state index >= 15 is 0 Å². The molecule has 3 nitrogen and oxygen atoms in total. The molecule has 0 amide bonds. The van der Waals surface area contributed by atoms with E-state index in [0.717, 1.165) is 6.42 Å². The summed E-state index contributed by atoms with van der Waals surface area (Å²) in [6.07, 6.45) is 7.56. The van der Waals surface area contributed by atoms with Crippen LogP contribution in [0, 0.1) is 11.7 Å². The summed E-state index contributed by atoms with van der Waals surface area (Å²) in [5.41, 5.74) is 6.08. The maximum atomic E-state index is 13.5. The SMILES string of the molecule is Nc1c(F)cccc1C(CCC1CCCCC1)C(=O)O. The van der Waals surface area contributed by atoms with E-state index in [4.69, 9.17) is 5.73 Å². The minimum absolute atomic E-state index is 0.0245. The molecule has 0 saturated heterocycles. The van der Waals surface area contributed by atoms with Gasteiger partial charge in [-0.3, -0.25) is 4.79 Å². The molecule has 1 aromatic rings. The van der Waals surface area contributed by atoms with Crippen molar-refractivity contribution in [2.75, 3.05) is 5.73 Å². The zero-order valence-electron chi connectivity index (χ0n) is 11.6. The van der Waals surface area contributed by atoms with Crippen molar-refractivity contribution in [3.05, 3.63) is 29.6 Å². The van der Waals surface area contributed by atoms with Crippen molar-refractivity contribution in [3.63, 3.8) is 0 Å². The van der Waals surface area contributed by atoms with Gasteiger partial charge in [0.25, 0.3) is 0 Å². The van der Waals surface area contributed by atoms with Crippen LogP contribution in [0.3, 0.4) is 0 Å². The lowest BCUT2D eigenvalue weighted by atomic mass is 9.82. The molecule has 1 atom stereocenters. The van der Waals surface area contributed by atoms with Gasteiger partial charge in [-0.15, -0.1) is 0 Å². The van der Waals surface area contributed by atoms with Gasteiger partial charge in [0.05, 0.1) is 11.6 Å². The Morgan fingerprint density at radius 1 is 1.35 bits per heavy atom. The maximum absolute atomic E-state index is 13.5. The van der Waals surface area contributed by atoms with E-state index in [0.29, 0.717) is 17.9 Å².